The van der Waals surface area contributed by atoms with Crippen LogP contribution in [0.3, 0.4) is 0 Å². The van der Waals surface area contributed by atoms with Gasteiger partial charge in [-0.1, -0.05) is 12.1 Å². The molecule has 0 saturated carbocycles. The van der Waals surface area contributed by atoms with Crippen molar-refractivity contribution in [3.05, 3.63) is 88.9 Å². The van der Waals surface area contributed by atoms with Crippen LogP contribution in [0.15, 0.2) is 82.6 Å². The molecule has 0 atom stereocenters. The molecule has 49 heavy (non-hydrogen) atoms. The first-order chi connectivity index (χ1) is 23.1. The van der Waals surface area contributed by atoms with Crippen LogP contribution in [0.4, 0.5) is 13.2 Å². The van der Waals surface area contributed by atoms with E-state index < -0.39 is 34.9 Å². The number of aromatic nitrogens is 1. The average molecular weight is 734 g/mol. The second-order valence-electron chi connectivity index (χ2n) is 11.6. The molecule has 1 aromatic heterocycles. The van der Waals surface area contributed by atoms with Crippen LogP contribution in [-0.2, 0) is 36.7 Å². The number of hydrogen-bond acceptors (Lipinski definition) is 10. The molecule has 13 heteroatoms. The molecule has 0 radical (unpaired) electrons. The molecule has 7 nitrogen and oxygen atoms in total. The van der Waals surface area contributed by atoms with Crippen LogP contribution in [0.1, 0.15) is 57.7 Å². The van der Waals surface area contributed by atoms with Crippen molar-refractivity contribution in [1.82, 2.24) is 4.98 Å². The standard InChI is InChI=1S/C36H38F3NO6S3/c1-7-43-32(41)34(3,4)45-25-13-17-27(18-14-25)47-21-29-30(49-31(40-29)23-9-11-24(12-10-23)36(37,38)39)22-48-28-19-15-26(16-20-28)46-35(5,6)33(42)44-8-2/h9-20H,7-8,21-22H2,1-6H3. The van der Waals surface area contributed by atoms with Crippen LogP contribution >= 0.6 is 34.9 Å². The number of thiazole rings is 1. The molecule has 0 aliphatic carbocycles. The molecule has 1 heterocycles. The summed E-state index contributed by atoms with van der Waals surface area (Å²) < 4.78 is 61.5. The van der Waals surface area contributed by atoms with Gasteiger partial charge in [0.05, 0.1) is 24.5 Å². The highest BCUT2D eigenvalue weighted by Gasteiger charge is 2.33. The SMILES string of the molecule is CCOC(=O)C(C)(C)Oc1ccc(SCc2nc(-c3ccc(C(F)(F)F)cc3)sc2CSc2ccc(OC(C)(C)C(=O)OCC)cc2)cc1. The number of alkyl halides is 3. The van der Waals surface area contributed by atoms with E-state index in [4.69, 9.17) is 23.9 Å². The Hall–Kier alpha value is -3.68. The molecule has 4 rings (SSSR count). The van der Waals surface area contributed by atoms with Crippen molar-refractivity contribution in [2.45, 2.75) is 80.2 Å². The zero-order chi connectivity index (χ0) is 35.8. The molecule has 0 amide bonds. The molecule has 0 bridgehead atoms. The predicted molar refractivity (Wildman–Crippen MR) is 187 cm³/mol. The number of rotatable bonds is 15. The number of carbonyl (C=O) groups is 2. The van der Waals surface area contributed by atoms with E-state index in [1.807, 2.05) is 24.3 Å². The first kappa shape index (κ1) is 38.1. The maximum atomic E-state index is 13.2. The number of benzene rings is 3. The van der Waals surface area contributed by atoms with Gasteiger partial charge >= 0.3 is 18.1 Å². The minimum Gasteiger partial charge on any atom is -0.476 e. The van der Waals surface area contributed by atoms with Gasteiger partial charge < -0.3 is 18.9 Å². The van der Waals surface area contributed by atoms with Crippen molar-refractivity contribution in [2.24, 2.45) is 0 Å². The maximum absolute atomic E-state index is 13.2. The normalized spacial score (nSPS) is 12.0. The maximum Gasteiger partial charge on any atom is 0.416 e. The lowest BCUT2D eigenvalue weighted by atomic mass is 10.1. The Morgan fingerprint density at radius 2 is 1.14 bits per heavy atom. The molecular formula is C36H38F3NO6S3. The predicted octanol–water partition coefficient (Wildman–Crippen LogP) is 9.85. The smallest absolute Gasteiger partial charge is 0.416 e. The van der Waals surface area contributed by atoms with Gasteiger partial charge in [-0.05, 0) is 102 Å². The van der Waals surface area contributed by atoms with Crippen molar-refractivity contribution in [3.8, 4) is 22.1 Å². The summed E-state index contributed by atoms with van der Waals surface area (Å²) in [6.07, 6.45) is -4.42. The zero-order valence-corrected chi connectivity index (χ0v) is 30.5. The highest BCUT2D eigenvalue weighted by Crippen LogP contribution is 2.38. The van der Waals surface area contributed by atoms with E-state index in [1.54, 1.807) is 89.3 Å². The lowest BCUT2D eigenvalue weighted by Gasteiger charge is -2.24. The van der Waals surface area contributed by atoms with Crippen LogP contribution in [0.2, 0.25) is 0 Å². The van der Waals surface area contributed by atoms with E-state index in [-0.39, 0.29) is 13.2 Å². The summed E-state index contributed by atoms with van der Waals surface area (Å²) in [6.45, 7) is 10.6. The van der Waals surface area contributed by atoms with Crippen molar-refractivity contribution in [2.75, 3.05) is 13.2 Å². The fourth-order valence-corrected chi connectivity index (χ4v) is 7.37. The molecule has 0 saturated heterocycles. The summed E-state index contributed by atoms with van der Waals surface area (Å²) in [5, 5.41) is 0.634. The van der Waals surface area contributed by atoms with E-state index in [1.165, 1.54) is 23.5 Å². The molecule has 0 fully saturated rings. The van der Waals surface area contributed by atoms with Crippen molar-refractivity contribution in [3.63, 3.8) is 0 Å². The second kappa shape index (κ2) is 16.4. The van der Waals surface area contributed by atoms with Gasteiger partial charge in [-0.15, -0.1) is 34.9 Å². The second-order valence-corrected chi connectivity index (χ2v) is 14.8. The summed E-state index contributed by atoms with van der Waals surface area (Å²) in [7, 11) is 0. The fourth-order valence-electron chi connectivity index (χ4n) is 4.32. The van der Waals surface area contributed by atoms with Gasteiger partial charge in [0, 0.05) is 31.7 Å². The van der Waals surface area contributed by atoms with Crippen molar-refractivity contribution >= 4 is 46.8 Å². The Labute approximate surface area is 296 Å². The molecule has 0 aliphatic heterocycles. The van der Waals surface area contributed by atoms with Gasteiger partial charge in [-0.25, -0.2) is 14.6 Å². The van der Waals surface area contributed by atoms with E-state index in [0.29, 0.717) is 33.6 Å². The molecular weight excluding hydrogens is 696 g/mol. The quantitative estimate of drug-likeness (QED) is 0.0876. The lowest BCUT2D eigenvalue weighted by molar-refractivity contribution is -0.159. The molecule has 0 aliphatic rings. The van der Waals surface area contributed by atoms with E-state index in [0.717, 1.165) is 32.5 Å². The Bertz CT molecular complexity index is 1610. The topological polar surface area (TPSA) is 84.0 Å². The third kappa shape index (κ3) is 10.7. The molecule has 0 N–H and O–H groups in total. The van der Waals surface area contributed by atoms with Crippen LogP contribution in [-0.4, -0.2) is 41.3 Å². The zero-order valence-electron chi connectivity index (χ0n) is 28.0. The average Bonchev–Trinajstić information content (AvgIpc) is 3.46. The van der Waals surface area contributed by atoms with Gasteiger partial charge in [0.2, 0.25) is 0 Å². The first-order valence-corrected chi connectivity index (χ1v) is 18.2. The minimum absolute atomic E-state index is 0.261. The summed E-state index contributed by atoms with van der Waals surface area (Å²) in [5.41, 5.74) is -1.55. The third-order valence-corrected chi connectivity index (χ3v) is 10.3. The minimum atomic E-state index is -4.42. The Morgan fingerprint density at radius 3 is 1.57 bits per heavy atom. The van der Waals surface area contributed by atoms with Gasteiger partial charge in [-0.3, -0.25) is 0 Å². The Balaban J connectivity index is 1.49. The number of thioether (sulfide) groups is 2. The van der Waals surface area contributed by atoms with Crippen LogP contribution in [0.5, 0.6) is 11.5 Å². The largest absolute Gasteiger partial charge is 0.476 e. The summed E-state index contributed by atoms with van der Waals surface area (Å²) in [6, 6.07) is 19.8. The highest BCUT2D eigenvalue weighted by atomic mass is 32.2. The lowest BCUT2D eigenvalue weighted by Crippen LogP contribution is -2.39. The summed E-state index contributed by atoms with van der Waals surface area (Å²) >= 11 is 4.60. The fraction of sp³-hybridized carbons (Fsp3) is 0.361. The van der Waals surface area contributed by atoms with E-state index >= 15 is 0 Å². The van der Waals surface area contributed by atoms with E-state index in [9.17, 15) is 22.8 Å². The molecule has 4 aromatic rings. The molecule has 262 valence electrons. The molecule has 3 aromatic carbocycles. The summed E-state index contributed by atoms with van der Waals surface area (Å²) in [5.74, 6) is 1.26. The Kier molecular flexibility index (Phi) is 12.7. The number of nitrogens with zero attached hydrogens (tertiary/aromatic N) is 1. The summed E-state index contributed by atoms with van der Waals surface area (Å²) in [4.78, 5) is 32.2. The van der Waals surface area contributed by atoms with Gasteiger partial charge in [0.25, 0.3) is 0 Å². The molecule has 0 unspecified atom stereocenters. The number of ether oxygens (including phenoxy) is 4. The Morgan fingerprint density at radius 1 is 0.694 bits per heavy atom. The highest BCUT2D eigenvalue weighted by molar-refractivity contribution is 7.99. The number of halogens is 3. The van der Waals surface area contributed by atoms with Gasteiger partial charge in [0.1, 0.15) is 16.5 Å². The first-order valence-electron chi connectivity index (χ1n) is 15.5. The number of hydrogen-bond donors (Lipinski definition) is 0. The van der Waals surface area contributed by atoms with Crippen LogP contribution < -0.4 is 9.47 Å². The number of esters is 2. The van der Waals surface area contributed by atoms with Crippen LogP contribution in [0, 0.1) is 0 Å². The van der Waals surface area contributed by atoms with Crippen LogP contribution in [0.25, 0.3) is 10.6 Å². The third-order valence-electron chi connectivity index (χ3n) is 6.91. The van der Waals surface area contributed by atoms with Crippen molar-refractivity contribution in [1.29, 1.82) is 0 Å². The number of carbonyl (C=O) groups excluding carboxylic acids is 2. The van der Waals surface area contributed by atoms with E-state index in [2.05, 4.69) is 0 Å². The van der Waals surface area contributed by atoms with Gasteiger partial charge in [0.15, 0.2) is 11.2 Å². The monoisotopic (exact) mass is 733 g/mol. The molecule has 0 spiro atoms. The van der Waals surface area contributed by atoms with Crippen molar-refractivity contribution < 1.29 is 41.7 Å². The van der Waals surface area contributed by atoms with Gasteiger partial charge in [-0.2, -0.15) is 13.2 Å².